The Morgan fingerprint density at radius 1 is 1.47 bits per heavy atom. The second kappa shape index (κ2) is 6.18. The SMILES string of the molecule is CNCCC#Cc1cc(CN)ccc1F. The molecule has 0 spiro atoms. The maximum Gasteiger partial charge on any atom is 0.138 e. The Labute approximate surface area is 89.7 Å². The van der Waals surface area contributed by atoms with Gasteiger partial charge in [-0.15, -0.1) is 0 Å². The summed E-state index contributed by atoms with van der Waals surface area (Å²) in [5.41, 5.74) is 6.79. The Kier molecular flexibility index (Phi) is 4.82. The molecule has 3 heteroatoms. The summed E-state index contributed by atoms with van der Waals surface area (Å²) in [4.78, 5) is 0. The molecule has 0 saturated carbocycles. The van der Waals surface area contributed by atoms with E-state index in [1.165, 1.54) is 6.07 Å². The molecule has 0 amide bonds. The second-order valence-corrected chi connectivity index (χ2v) is 3.17. The van der Waals surface area contributed by atoms with Gasteiger partial charge in [-0.05, 0) is 24.7 Å². The normalized spacial score (nSPS) is 9.53. The lowest BCUT2D eigenvalue weighted by Gasteiger charge is -1.98. The van der Waals surface area contributed by atoms with Crippen LogP contribution in [0.2, 0.25) is 0 Å². The van der Waals surface area contributed by atoms with Crippen molar-refractivity contribution in [3.05, 3.63) is 35.1 Å². The van der Waals surface area contributed by atoms with Crippen LogP contribution in [0.3, 0.4) is 0 Å². The molecule has 0 aliphatic heterocycles. The monoisotopic (exact) mass is 206 g/mol. The average molecular weight is 206 g/mol. The molecule has 0 aliphatic carbocycles. The molecule has 0 heterocycles. The molecule has 80 valence electrons. The minimum atomic E-state index is -0.288. The van der Waals surface area contributed by atoms with Crippen molar-refractivity contribution in [2.75, 3.05) is 13.6 Å². The van der Waals surface area contributed by atoms with Crippen molar-refractivity contribution in [1.82, 2.24) is 5.32 Å². The van der Waals surface area contributed by atoms with E-state index in [0.29, 0.717) is 18.5 Å². The molecule has 0 saturated heterocycles. The molecule has 0 fully saturated rings. The highest BCUT2D eigenvalue weighted by molar-refractivity contribution is 5.38. The van der Waals surface area contributed by atoms with Crippen LogP contribution in [0.5, 0.6) is 0 Å². The third-order valence-electron chi connectivity index (χ3n) is 1.99. The molecule has 0 aromatic heterocycles. The molecule has 0 aliphatic rings. The van der Waals surface area contributed by atoms with Crippen LogP contribution in [-0.2, 0) is 6.54 Å². The van der Waals surface area contributed by atoms with Gasteiger partial charge in [0.25, 0.3) is 0 Å². The van der Waals surface area contributed by atoms with Crippen molar-refractivity contribution in [2.24, 2.45) is 5.73 Å². The molecule has 0 unspecified atom stereocenters. The Hall–Kier alpha value is -1.37. The van der Waals surface area contributed by atoms with E-state index in [0.717, 1.165) is 12.1 Å². The Morgan fingerprint density at radius 2 is 2.27 bits per heavy atom. The lowest BCUT2D eigenvalue weighted by atomic mass is 10.1. The van der Waals surface area contributed by atoms with Crippen LogP contribution in [0.1, 0.15) is 17.5 Å². The molecular formula is C12H15FN2. The molecule has 1 aromatic rings. The number of nitrogens with one attached hydrogen (secondary N) is 1. The van der Waals surface area contributed by atoms with Gasteiger partial charge in [0.15, 0.2) is 0 Å². The third-order valence-corrected chi connectivity index (χ3v) is 1.99. The zero-order chi connectivity index (χ0) is 11.1. The highest BCUT2D eigenvalue weighted by Gasteiger charge is 1.99. The Morgan fingerprint density at radius 3 is 2.93 bits per heavy atom. The van der Waals surface area contributed by atoms with E-state index in [2.05, 4.69) is 17.2 Å². The lowest BCUT2D eigenvalue weighted by Crippen LogP contribution is -2.05. The first-order chi connectivity index (χ1) is 7.27. The summed E-state index contributed by atoms with van der Waals surface area (Å²) >= 11 is 0. The highest BCUT2D eigenvalue weighted by atomic mass is 19.1. The zero-order valence-electron chi connectivity index (χ0n) is 8.81. The first-order valence-electron chi connectivity index (χ1n) is 4.90. The number of benzene rings is 1. The Balaban J connectivity index is 2.77. The van der Waals surface area contributed by atoms with Crippen molar-refractivity contribution < 1.29 is 4.39 Å². The largest absolute Gasteiger partial charge is 0.326 e. The number of hydrogen-bond acceptors (Lipinski definition) is 2. The van der Waals surface area contributed by atoms with Crippen molar-refractivity contribution in [3.8, 4) is 11.8 Å². The number of rotatable bonds is 3. The molecule has 15 heavy (non-hydrogen) atoms. The van der Waals surface area contributed by atoms with Gasteiger partial charge >= 0.3 is 0 Å². The van der Waals surface area contributed by atoms with E-state index in [4.69, 9.17) is 5.73 Å². The predicted octanol–water partition coefficient (Wildman–Crippen LogP) is 1.25. The molecule has 1 rings (SSSR count). The van der Waals surface area contributed by atoms with Gasteiger partial charge < -0.3 is 11.1 Å². The van der Waals surface area contributed by atoms with Gasteiger partial charge in [-0.25, -0.2) is 4.39 Å². The van der Waals surface area contributed by atoms with Crippen LogP contribution < -0.4 is 11.1 Å². The van der Waals surface area contributed by atoms with E-state index >= 15 is 0 Å². The van der Waals surface area contributed by atoms with Crippen molar-refractivity contribution in [3.63, 3.8) is 0 Å². The quantitative estimate of drug-likeness (QED) is 0.577. The fraction of sp³-hybridized carbons (Fsp3) is 0.333. The van der Waals surface area contributed by atoms with Crippen LogP contribution >= 0.6 is 0 Å². The third kappa shape index (κ3) is 3.70. The maximum atomic E-state index is 13.3. The van der Waals surface area contributed by atoms with Gasteiger partial charge in [0.2, 0.25) is 0 Å². The van der Waals surface area contributed by atoms with E-state index in [1.54, 1.807) is 12.1 Å². The van der Waals surface area contributed by atoms with E-state index < -0.39 is 0 Å². The summed E-state index contributed by atoms with van der Waals surface area (Å²) in [6.45, 7) is 1.22. The van der Waals surface area contributed by atoms with Gasteiger partial charge in [0, 0.05) is 19.5 Å². The summed E-state index contributed by atoms with van der Waals surface area (Å²) in [6.07, 6.45) is 0.711. The topological polar surface area (TPSA) is 38.0 Å². The minimum absolute atomic E-state index is 0.288. The molecular weight excluding hydrogens is 191 g/mol. The zero-order valence-corrected chi connectivity index (χ0v) is 8.81. The summed E-state index contributed by atoms with van der Waals surface area (Å²) in [7, 11) is 1.86. The van der Waals surface area contributed by atoms with Crippen LogP contribution in [0, 0.1) is 17.7 Å². The second-order valence-electron chi connectivity index (χ2n) is 3.17. The van der Waals surface area contributed by atoms with Crippen LogP contribution in [0.4, 0.5) is 4.39 Å². The van der Waals surface area contributed by atoms with Gasteiger partial charge in [-0.2, -0.15) is 0 Å². The Bertz CT molecular complexity index is 377. The van der Waals surface area contributed by atoms with E-state index in [1.807, 2.05) is 7.05 Å². The first kappa shape index (κ1) is 11.7. The minimum Gasteiger partial charge on any atom is -0.326 e. The summed E-state index contributed by atoms with van der Waals surface area (Å²) in [6, 6.07) is 4.78. The van der Waals surface area contributed by atoms with Gasteiger partial charge in [-0.3, -0.25) is 0 Å². The fourth-order valence-corrected chi connectivity index (χ4v) is 1.14. The predicted molar refractivity (Wildman–Crippen MR) is 59.7 cm³/mol. The molecule has 2 nitrogen and oxygen atoms in total. The number of halogens is 1. The standard InChI is InChI=1S/C12H15FN2/c1-15-7-3-2-4-11-8-10(9-14)5-6-12(11)13/h5-6,8,15H,3,7,9,14H2,1H3. The van der Waals surface area contributed by atoms with E-state index in [-0.39, 0.29) is 5.82 Å². The van der Waals surface area contributed by atoms with Gasteiger partial charge in [-0.1, -0.05) is 17.9 Å². The van der Waals surface area contributed by atoms with Crippen LogP contribution in [0.15, 0.2) is 18.2 Å². The van der Waals surface area contributed by atoms with Gasteiger partial charge in [0.05, 0.1) is 5.56 Å². The highest BCUT2D eigenvalue weighted by Crippen LogP contribution is 2.08. The molecule has 1 aromatic carbocycles. The molecule has 0 radical (unpaired) electrons. The molecule has 3 N–H and O–H groups in total. The van der Waals surface area contributed by atoms with Crippen LogP contribution in [0.25, 0.3) is 0 Å². The molecule has 0 atom stereocenters. The summed E-state index contributed by atoms with van der Waals surface area (Å²) in [5, 5.41) is 2.97. The molecule has 0 bridgehead atoms. The maximum absolute atomic E-state index is 13.3. The van der Waals surface area contributed by atoms with Crippen molar-refractivity contribution >= 4 is 0 Å². The lowest BCUT2D eigenvalue weighted by molar-refractivity contribution is 0.623. The van der Waals surface area contributed by atoms with Gasteiger partial charge in [0.1, 0.15) is 5.82 Å². The first-order valence-corrected chi connectivity index (χ1v) is 4.90. The van der Waals surface area contributed by atoms with Crippen molar-refractivity contribution in [1.29, 1.82) is 0 Å². The van der Waals surface area contributed by atoms with Crippen molar-refractivity contribution in [2.45, 2.75) is 13.0 Å². The van der Waals surface area contributed by atoms with E-state index in [9.17, 15) is 4.39 Å². The average Bonchev–Trinajstić information content (AvgIpc) is 2.26. The fourth-order valence-electron chi connectivity index (χ4n) is 1.14. The number of nitrogens with two attached hydrogens (primary N) is 1. The summed E-state index contributed by atoms with van der Waals surface area (Å²) < 4.78 is 13.3. The smallest absolute Gasteiger partial charge is 0.138 e. The van der Waals surface area contributed by atoms with Crippen LogP contribution in [-0.4, -0.2) is 13.6 Å². The summed E-state index contributed by atoms with van der Waals surface area (Å²) in [5.74, 6) is 5.42. The number of hydrogen-bond donors (Lipinski definition) is 2.